The molecule has 2 heterocycles. The number of halogens is 1. The van der Waals surface area contributed by atoms with Gasteiger partial charge >= 0.3 is 5.97 Å². The van der Waals surface area contributed by atoms with Crippen molar-refractivity contribution in [3.8, 4) is 0 Å². The lowest BCUT2D eigenvalue weighted by atomic mass is 10.2. The molecule has 0 saturated carbocycles. The highest BCUT2D eigenvalue weighted by molar-refractivity contribution is 7.21. The summed E-state index contributed by atoms with van der Waals surface area (Å²) in [5, 5.41) is 11.0. The average Bonchev–Trinajstić information content (AvgIpc) is 2.84. The number of nitrogens with one attached hydrogen (secondary N) is 1. The third-order valence-electron chi connectivity index (χ3n) is 2.75. The largest absolute Gasteiger partial charge is 0.480 e. The van der Waals surface area contributed by atoms with Gasteiger partial charge in [0.1, 0.15) is 11.9 Å². The molecule has 8 heteroatoms. The minimum absolute atomic E-state index is 0.177. The number of thiophene rings is 1. The molecule has 0 aliphatic carbocycles. The van der Waals surface area contributed by atoms with Crippen LogP contribution in [-0.4, -0.2) is 34.6 Å². The topological polar surface area (TPSA) is 105 Å². The summed E-state index contributed by atoms with van der Waals surface area (Å²) in [7, 11) is 0. The lowest BCUT2D eigenvalue weighted by Gasteiger charge is -2.06. The third kappa shape index (κ3) is 2.75. The highest BCUT2D eigenvalue weighted by atomic mass is 32.1. The van der Waals surface area contributed by atoms with Crippen LogP contribution in [0.15, 0.2) is 12.3 Å². The van der Waals surface area contributed by atoms with Crippen molar-refractivity contribution in [2.75, 3.05) is 6.54 Å². The molecule has 0 bridgehead atoms. The lowest BCUT2D eigenvalue weighted by Crippen LogP contribution is -2.42. The maximum atomic E-state index is 13.4. The van der Waals surface area contributed by atoms with Crippen LogP contribution >= 0.6 is 11.3 Å². The van der Waals surface area contributed by atoms with E-state index in [1.807, 2.05) is 0 Å². The fraction of sp³-hybridized carbons (Fsp3) is 0.250. The van der Waals surface area contributed by atoms with Crippen LogP contribution in [0.5, 0.6) is 0 Å². The molecule has 4 N–H and O–H groups in total. The molecule has 0 fully saturated rings. The van der Waals surface area contributed by atoms with Gasteiger partial charge in [-0.1, -0.05) is 0 Å². The SMILES string of the molecule is Cc1c(F)cnc2cc(C(=O)NC[C@@H](N)C(=O)O)sc12. The quantitative estimate of drug-likeness (QED) is 0.777. The number of carbonyl (C=O) groups is 2. The maximum Gasteiger partial charge on any atom is 0.322 e. The van der Waals surface area contributed by atoms with Crippen molar-refractivity contribution >= 4 is 33.4 Å². The van der Waals surface area contributed by atoms with E-state index in [1.54, 1.807) is 6.92 Å². The molecule has 0 radical (unpaired) electrons. The Labute approximate surface area is 117 Å². The summed E-state index contributed by atoms with van der Waals surface area (Å²) in [6.07, 6.45) is 1.10. The molecule has 20 heavy (non-hydrogen) atoms. The Hall–Kier alpha value is -2.06. The number of aliphatic carboxylic acids is 1. The lowest BCUT2D eigenvalue weighted by molar-refractivity contribution is -0.138. The summed E-state index contributed by atoms with van der Waals surface area (Å²) in [6, 6.07) is 0.374. The van der Waals surface area contributed by atoms with Crippen LogP contribution < -0.4 is 11.1 Å². The number of pyridine rings is 1. The first-order chi connectivity index (χ1) is 9.40. The average molecular weight is 297 g/mol. The zero-order chi connectivity index (χ0) is 14.9. The zero-order valence-electron chi connectivity index (χ0n) is 10.5. The Morgan fingerprint density at radius 3 is 2.95 bits per heavy atom. The van der Waals surface area contributed by atoms with Crippen molar-refractivity contribution in [3.05, 3.63) is 28.5 Å². The molecule has 6 nitrogen and oxygen atoms in total. The van der Waals surface area contributed by atoms with Crippen molar-refractivity contribution in [3.63, 3.8) is 0 Å². The number of fused-ring (bicyclic) bond motifs is 1. The molecule has 106 valence electrons. The summed E-state index contributed by atoms with van der Waals surface area (Å²) in [5.74, 6) is -2.08. The van der Waals surface area contributed by atoms with Crippen LogP contribution in [-0.2, 0) is 4.79 Å². The second-order valence-electron chi connectivity index (χ2n) is 4.21. The standard InChI is InChI=1S/C12H12FN3O3S/c1-5-6(13)3-15-8-2-9(20-10(5)8)11(17)16-4-7(14)12(18)19/h2-3,7H,4,14H2,1H3,(H,16,17)(H,18,19)/t7-/m1/s1. The Kier molecular flexibility index (Phi) is 3.96. The molecular formula is C12H12FN3O3S. The third-order valence-corrected chi connectivity index (χ3v) is 3.99. The number of aryl methyl sites for hydroxylation is 1. The Balaban J connectivity index is 2.19. The molecule has 2 aromatic rings. The fourth-order valence-electron chi connectivity index (χ4n) is 1.57. The van der Waals surface area contributed by atoms with Gasteiger partial charge in [-0.2, -0.15) is 0 Å². The maximum absolute atomic E-state index is 13.4. The summed E-state index contributed by atoms with van der Waals surface area (Å²) >= 11 is 1.10. The molecule has 1 atom stereocenters. The highest BCUT2D eigenvalue weighted by Crippen LogP contribution is 2.28. The molecule has 1 amide bonds. The van der Waals surface area contributed by atoms with Crippen LogP contribution in [0.4, 0.5) is 4.39 Å². The first kappa shape index (κ1) is 14.4. The van der Waals surface area contributed by atoms with Crippen LogP contribution in [0.2, 0.25) is 0 Å². The van der Waals surface area contributed by atoms with Crippen molar-refractivity contribution in [1.29, 1.82) is 0 Å². The Morgan fingerprint density at radius 1 is 1.60 bits per heavy atom. The number of nitrogens with zero attached hydrogens (tertiary/aromatic N) is 1. The van der Waals surface area contributed by atoms with Gasteiger partial charge in [0.25, 0.3) is 5.91 Å². The number of hydrogen-bond donors (Lipinski definition) is 3. The van der Waals surface area contributed by atoms with Crippen LogP contribution in [0.25, 0.3) is 10.2 Å². The molecule has 2 rings (SSSR count). The van der Waals surface area contributed by atoms with Crippen LogP contribution in [0.3, 0.4) is 0 Å². The highest BCUT2D eigenvalue weighted by Gasteiger charge is 2.16. The predicted molar refractivity (Wildman–Crippen MR) is 72.3 cm³/mol. The van der Waals surface area contributed by atoms with E-state index >= 15 is 0 Å². The molecule has 2 aromatic heterocycles. The smallest absolute Gasteiger partial charge is 0.322 e. The van der Waals surface area contributed by atoms with Crippen molar-refractivity contribution < 1.29 is 19.1 Å². The normalized spacial score (nSPS) is 12.3. The minimum Gasteiger partial charge on any atom is -0.480 e. The van der Waals surface area contributed by atoms with Gasteiger partial charge in [0.15, 0.2) is 0 Å². The van der Waals surface area contributed by atoms with Gasteiger partial charge in [0.2, 0.25) is 0 Å². The van der Waals surface area contributed by atoms with Crippen molar-refractivity contribution in [2.24, 2.45) is 5.73 Å². The Bertz CT molecular complexity index is 686. The van der Waals surface area contributed by atoms with Gasteiger partial charge in [-0.15, -0.1) is 11.3 Å². The summed E-state index contributed by atoms with van der Waals surface area (Å²) in [5.41, 5.74) is 6.25. The van der Waals surface area contributed by atoms with Gasteiger partial charge in [0.05, 0.1) is 21.3 Å². The number of nitrogens with two attached hydrogens (primary N) is 1. The zero-order valence-corrected chi connectivity index (χ0v) is 11.3. The van der Waals surface area contributed by atoms with Crippen molar-refractivity contribution in [2.45, 2.75) is 13.0 Å². The fourth-order valence-corrected chi connectivity index (χ4v) is 2.59. The van der Waals surface area contributed by atoms with Gasteiger partial charge < -0.3 is 16.2 Å². The minimum atomic E-state index is -1.19. The number of amides is 1. The second-order valence-corrected chi connectivity index (χ2v) is 5.26. The monoisotopic (exact) mass is 297 g/mol. The van der Waals surface area contributed by atoms with E-state index in [2.05, 4.69) is 10.3 Å². The summed E-state index contributed by atoms with van der Waals surface area (Å²) in [6.45, 7) is 1.43. The van der Waals surface area contributed by atoms with Gasteiger partial charge in [-0.25, -0.2) is 4.39 Å². The van der Waals surface area contributed by atoms with E-state index < -0.39 is 23.7 Å². The second kappa shape index (κ2) is 5.51. The number of rotatable bonds is 4. The molecular weight excluding hydrogens is 285 g/mol. The Morgan fingerprint density at radius 2 is 2.30 bits per heavy atom. The van der Waals surface area contributed by atoms with E-state index in [0.717, 1.165) is 17.5 Å². The van der Waals surface area contributed by atoms with Crippen LogP contribution in [0, 0.1) is 12.7 Å². The van der Waals surface area contributed by atoms with Crippen LogP contribution in [0.1, 0.15) is 15.2 Å². The van der Waals surface area contributed by atoms with Gasteiger partial charge in [-0.3, -0.25) is 14.6 Å². The summed E-state index contributed by atoms with van der Waals surface area (Å²) < 4.78 is 14.0. The predicted octanol–water partition coefficient (Wildman–Crippen LogP) is 0.886. The van der Waals surface area contributed by atoms with E-state index in [9.17, 15) is 14.0 Å². The number of hydrogen-bond acceptors (Lipinski definition) is 5. The van der Waals surface area contributed by atoms with E-state index in [1.165, 1.54) is 6.07 Å². The van der Waals surface area contributed by atoms with E-state index in [-0.39, 0.29) is 6.54 Å². The molecule has 0 aliphatic heterocycles. The number of carbonyl (C=O) groups excluding carboxylic acids is 1. The van der Waals surface area contributed by atoms with Crippen molar-refractivity contribution in [1.82, 2.24) is 10.3 Å². The number of carboxylic acids is 1. The van der Waals surface area contributed by atoms with E-state index in [4.69, 9.17) is 10.8 Å². The molecule has 0 unspecified atom stereocenters. The molecule has 0 saturated heterocycles. The molecule has 0 spiro atoms. The first-order valence-corrected chi connectivity index (χ1v) is 6.53. The number of aromatic nitrogens is 1. The van der Waals surface area contributed by atoms with Gasteiger partial charge in [0, 0.05) is 12.1 Å². The molecule has 0 aliphatic rings. The first-order valence-electron chi connectivity index (χ1n) is 5.71. The molecule has 0 aromatic carbocycles. The van der Waals surface area contributed by atoms with Gasteiger partial charge in [-0.05, 0) is 13.0 Å². The summed E-state index contributed by atoms with van der Waals surface area (Å²) in [4.78, 5) is 26.6. The van der Waals surface area contributed by atoms with E-state index in [0.29, 0.717) is 20.7 Å². The number of carboxylic acid groups (broad SMARTS) is 1.